The molecule has 4 aromatic carbocycles. The molecule has 2 heterocycles. The molecule has 2 N–H and O–H groups in total. The minimum absolute atomic E-state index is 0. The van der Waals surface area contributed by atoms with Crippen LogP contribution in [-0.2, 0) is 9.59 Å². The van der Waals surface area contributed by atoms with Crippen molar-refractivity contribution in [2.75, 3.05) is 11.5 Å². The zero-order valence-corrected chi connectivity index (χ0v) is 32.2. The summed E-state index contributed by atoms with van der Waals surface area (Å²) >= 11 is 22.4. The van der Waals surface area contributed by atoms with Crippen LogP contribution in [0, 0.1) is 0 Å². The standard InChI is InChI=1S/2C17H13BrClN3O2S.CH4/c2*18-16-20-21-17(25-8-14(23)24)22(16)15-11-4-2-1-3-10(11)12(7-13(15)19)9-5-6-9;/h2*1-4,7,9H,5-6,8H2,(H,23,24);1H4. The monoisotopic (exact) mass is 890 g/mol. The third kappa shape index (κ3) is 7.96. The summed E-state index contributed by atoms with van der Waals surface area (Å²) in [6.45, 7) is 0. The molecule has 2 saturated carbocycles. The largest absolute Gasteiger partial charge is 0.481 e. The molecule has 0 atom stereocenters. The third-order valence-corrected chi connectivity index (χ3v) is 11.8. The van der Waals surface area contributed by atoms with Gasteiger partial charge in [-0.3, -0.25) is 18.7 Å². The number of carboxylic acids is 2. The van der Waals surface area contributed by atoms with Crippen molar-refractivity contribution < 1.29 is 19.8 Å². The summed E-state index contributed by atoms with van der Waals surface area (Å²) in [7, 11) is 0. The summed E-state index contributed by atoms with van der Waals surface area (Å²) in [4.78, 5) is 21.8. The van der Waals surface area contributed by atoms with Crippen molar-refractivity contribution in [1.82, 2.24) is 29.5 Å². The summed E-state index contributed by atoms with van der Waals surface area (Å²) in [5.41, 5.74) is 4.08. The van der Waals surface area contributed by atoms with Gasteiger partial charge in [0.15, 0.2) is 10.3 Å². The number of halogens is 4. The molecule has 8 rings (SSSR count). The Morgan fingerprint density at radius 1 is 0.667 bits per heavy atom. The second-order valence-electron chi connectivity index (χ2n) is 11.8. The van der Waals surface area contributed by atoms with Crippen LogP contribution in [0.3, 0.4) is 0 Å². The van der Waals surface area contributed by atoms with Crippen LogP contribution in [0.1, 0.15) is 56.1 Å². The highest BCUT2D eigenvalue weighted by molar-refractivity contribution is 9.10. The molecular weight excluding hydrogens is 863 g/mol. The Balaban J connectivity index is 0.000000172. The number of aromatic nitrogens is 6. The van der Waals surface area contributed by atoms with Crippen LogP contribution >= 0.6 is 78.6 Å². The number of thioether (sulfide) groups is 2. The first kappa shape index (κ1) is 37.6. The molecule has 2 fully saturated rings. The summed E-state index contributed by atoms with van der Waals surface area (Å²) < 4.78 is 4.53. The van der Waals surface area contributed by atoms with Gasteiger partial charge < -0.3 is 10.2 Å². The molecule has 6 aromatic rings. The van der Waals surface area contributed by atoms with Crippen LogP contribution in [0.5, 0.6) is 0 Å². The van der Waals surface area contributed by atoms with Crippen LogP contribution < -0.4 is 0 Å². The number of carboxylic acid groups (broad SMARTS) is 2. The van der Waals surface area contributed by atoms with E-state index in [1.54, 1.807) is 9.13 Å². The first-order valence-corrected chi connectivity index (χ1v) is 19.8. The second kappa shape index (κ2) is 15.8. The lowest BCUT2D eigenvalue weighted by Gasteiger charge is -2.15. The van der Waals surface area contributed by atoms with Gasteiger partial charge in [0.25, 0.3) is 0 Å². The molecule has 0 saturated heterocycles. The van der Waals surface area contributed by atoms with Crippen molar-refractivity contribution >= 4 is 112 Å². The van der Waals surface area contributed by atoms with Crippen LogP contribution in [0.4, 0.5) is 0 Å². The lowest BCUT2D eigenvalue weighted by atomic mass is 9.99. The molecule has 0 radical (unpaired) electrons. The van der Waals surface area contributed by atoms with Crippen molar-refractivity contribution in [2.24, 2.45) is 0 Å². The molecule has 0 aliphatic heterocycles. The summed E-state index contributed by atoms with van der Waals surface area (Å²) in [5.74, 6) is -0.864. The van der Waals surface area contributed by atoms with Crippen LogP contribution in [0.15, 0.2) is 80.4 Å². The Hall–Kier alpha value is -3.14. The van der Waals surface area contributed by atoms with Crippen LogP contribution in [0.25, 0.3) is 32.9 Å². The average Bonchev–Trinajstić information content (AvgIpc) is 4.04. The normalized spacial score (nSPS) is 13.9. The molecule has 264 valence electrons. The molecule has 2 aliphatic carbocycles. The topological polar surface area (TPSA) is 136 Å². The Bertz CT molecular complexity index is 2130. The first-order valence-electron chi connectivity index (χ1n) is 15.5. The molecule has 2 aromatic heterocycles. The summed E-state index contributed by atoms with van der Waals surface area (Å²) in [6.07, 6.45) is 4.76. The van der Waals surface area contributed by atoms with Gasteiger partial charge in [-0.25, -0.2) is 0 Å². The fourth-order valence-corrected chi connectivity index (χ4v) is 8.95. The molecule has 0 spiro atoms. The first-order chi connectivity index (χ1) is 24.1. The predicted molar refractivity (Wildman–Crippen MR) is 211 cm³/mol. The minimum atomic E-state index is -0.907. The number of hydrogen-bond acceptors (Lipinski definition) is 8. The zero-order chi connectivity index (χ0) is 35.1. The van der Waals surface area contributed by atoms with Crippen molar-refractivity contribution in [3.63, 3.8) is 0 Å². The Labute approximate surface area is 328 Å². The maximum atomic E-state index is 10.9. The average molecular weight is 894 g/mol. The van der Waals surface area contributed by atoms with Gasteiger partial charge in [-0.15, -0.1) is 20.4 Å². The molecule has 10 nitrogen and oxygen atoms in total. The van der Waals surface area contributed by atoms with Gasteiger partial charge in [0.05, 0.1) is 32.9 Å². The fourth-order valence-electron chi connectivity index (χ4n) is 5.94. The maximum Gasteiger partial charge on any atom is 0.313 e. The number of nitrogens with zero attached hydrogens (tertiary/aromatic N) is 6. The van der Waals surface area contributed by atoms with Crippen LogP contribution in [-0.4, -0.2) is 63.2 Å². The quantitative estimate of drug-likeness (QED) is 0.128. The van der Waals surface area contributed by atoms with Gasteiger partial charge in [-0.05, 0) is 103 Å². The highest BCUT2D eigenvalue weighted by Gasteiger charge is 2.29. The number of carbonyl (C=O) groups is 2. The molecule has 0 unspecified atom stereocenters. The van der Waals surface area contributed by atoms with E-state index in [2.05, 4.69) is 64.4 Å². The van der Waals surface area contributed by atoms with E-state index in [-0.39, 0.29) is 18.9 Å². The van der Waals surface area contributed by atoms with Gasteiger partial charge in [0.1, 0.15) is 0 Å². The van der Waals surface area contributed by atoms with Gasteiger partial charge in [0, 0.05) is 10.8 Å². The molecular formula is C35H30Br2Cl2N6O4S2. The Morgan fingerprint density at radius 3 is 1.35 bits per heavy atom. The van der Waals surface area contributed by atoms with E-state index < -0.39 is 11.9 Å². The highest BCUT2D eigenvalue weighted by Crippen LogP contribution is 2.48. The van der Waals surface area contributed by atoms with E-state index in [4.69, 9.17) is 33.4 Å². The van der Waals surface area contributed by atoms with E-state index in [1.165, 1.54) is 47.6 Å². The number of hydrogen-bond donors (Lipinski definition) is 2. The van der Waals surface area contributed by atoms with Gasteiger partial charge in [-0.1, -0.05) is 103 Å². The summed E-state index contributed by atoms with van der Waals surface area (Å²) in [6, 6.07) is 20.3. The molecule has 51 heavy (non-hydrogen) atoms. The number of aliphatic carboxylic acids is 2. The van der Waals surface area contributed by atoms with E-state index in [0.717, 1.165) is 45.7 Å². The zero-order valence-electron chi connectivity index (χ0n) is 25.9. The maximum absolute atomic E-state index is 10.9. The minimum Gasteiger partial charge on any atom is -0.481 e. The van der Waals surface area contributed by atoms with Gasteiger partial charge in [-0.2, -0.15) is 0 Å². The highest BCUT2D eigenvalue weighted by atomic mass is 79.9. The predicted octanol–water partition coefficient (Wildman–Crippen LogP) is 10.4. The lowest BCUT2D eigenvalue weighted by Crippen LogP contribution is -2.04. The van der Waals surface area contributed by atoms with Gasteiger partial charge >= 0.3 is 11.9 Å². The number of rotatable bonds is 10. The SMILES string of the molecule is C.O=C(O)CSc1nnc(Br)n1-c1c(Cl)cc(C2CC2)c2ccccc12.O=C(O)CSc1nnc(Br)n1-c1c(Cl)cc(C2CC2)c2ccccc12. The van der Waals surface area contributed by atoms with E-state index in [0.29, 0.717) is 41.7 Å². The Morgan fingerprint density at radius 2 is 1.02 bits per heavy atom. The molecule has 16 heteroatoms. The van der Waals surface area contributed by atoms with E-state index in [9.17, 15) is 9.59 Å². The second-order valence-corrected chi connectivity index (χ2v) is 15.9. The van der Waals surface area contributed by atoms with E-state index in [1.807, 2.05) is 48.5 Å². The Kier molecular flexibility index (Phi) is 11.7. The van der Waals surface area contributed by atoms with E-state index >= 15 is 0 Å². The third-order valence-electron chi connectivity index (χ3n) is 8.32. The fraction of sp³-hybridized carbons (Fsp3) is 0.257. The molecule has 2 aliphatic rings. The van der Waals surface area contributed by atoms with Crippen molar-refractivity contribution in [3.8, 4) is 11.4 Å². The molecule has 0 bridgehead atoms. The molecule has 0 amide bonds. The van der Waals surface area contributed by atoms with Gasteiger partial charge in [0.2, 0.25) is 9.47 Å². The number of benzene rings is 4. The smallest absolute Gasteiger partial charge is 0.313 e. The summed E-state index contributed by atoms with van der Waals surface area (Å²) in [5, 5.41) is 40.7. The van der Waals surface area contributed by atoms with Crippen molar-refractivity contribution in [1.29, 1.82) is 0 Å². The number of fused-ring (bicyclic) bond motifs is 2. The van der Waals surface area contributed by atoms with Crippen molar-refractivity contribution in [3.05, 3.63) is 91.3 Å². The lowest BCUT2D eigenvalue weighted by molar-refractivity contribution is -0.134. The van der Waals surface area contributed by atoms with Crippen molar-refractivity contribution in [2.45, 2.75) is 55.3 Å². The van der Waals surface area contributed by atoms with Crippen LogP contribution in [0.2, 0.25) is 10.0 Å².